The van der Waals surface area contributed by atoms with Gasteiger partial charge in [-0.2, -0.15) is 0 Å². The zero-order valence-electron chi connectivity index (χ0n) is 12.8. The van der Waals surface area contributed by atoms with E-state index in [0.717, 1.165) is 30.3 Å². The van der Waals surface area contributed by atoms with E-state index in [1.165, 1.54) is 30.4 Å². The third-order valence-corrected chi connectivity index (χ3v) is 5.89. The molecule has 2 aliphatic rings. The number of nitrogens with zero attached hydrogens (tertiary/aromatic N) is 1. The van der Waals surface area contributed by atoms with Gasteiger partial charge in [0.1, 0.15) is 5.82 Å². The van der Waals surface area contributed by atoms with Crippen LogP contribution in [0.5, 0.6) is 0 Å². The largest absolute Gasteiger partial charge is 0.347 e. The van der Waals surface area contributed by atoms with Gasteiger partial charge in [-0.25, -0.2) is 4.39 Å². The quantitative estimate of drug-likeness (QED) is 0.936. The van der Waals surface area contributed by atoms with Gasteiger partial charge in [0.15, 0.2) is 0 Å². The molecule has 4 rings (SSSR count). The molecule has 2 aromatic rings. The smallest absolute Gasteiger partial charge is 0.261 e. The molecule has 0 radical (unpaired) electrons. The normalized spacial score (nSPS) is 26.2. The number of amides is 1. The Bertz CT molecular complexity index is 717. The lowest BCUT2D eigenvalue weighted by Gasteiger charge is -2.30. The zero-order chi connectivity index (χ0) is 15.8. The van der Waals surface area contributed by atoms with E-state index in [1.54, 1.807) is 18.2 Å². The van der Waals surface area contributed by atoms with E-state index in [9.17, 15) is 9.18 Å². The highest BCUT2D eigenvalue weighted by Gasteiger charge is 2.33. The molecule has 2 aliphatic heterocycles. The second-order valence-corrected chi connectivity index (χ2v) is 7.55. The summed E-state index contributed by atoms with van der Waals surface area (Å²) in [6.45, 7) is 3.30. The lowest BCUT2D eigenvalue weighted by molar-refractivity contribution is 0.0913. The second kappa shape index (κ2) is 6.06. The van der Waals surface area contributed by atoms with Gasteiger partial charge in [0.2, 0.25) is 0 Å². The number of hydrogen-bond donors (Lipinski definition) is 1. The van der Waals surface area contributed by atoms with Crippen molar-refractivity contribution in [2.45, 2.75) is 18.9 Å². The van der Waals surface area contributed by atoms with Gasteiger partial charge in [-0.3, -0.25) is 4.79 Å². The van der Waals surface area contributed by atoms with Gasteiger partial charge in [-0.05, 0) is 43.5 Å². The zero-order valence-corrected chi connectivity index (χ0v) is 13.6. The number of carbonyl (C=O) groups excluding carboxylic acids is 1. The number of thiophene rings is 1. The molecule has 1 aromatic carbocycles. The molecule has 23 heavy (non-hydrogen) atoms. The van der Waals surface area contributed by atoms with E-state index in [0.29, 0.717) is 10.4 Å². The molecule has 5 heteroatoms. The van der Waals surface area contributed by atoms with E-state index in [4.69, 9.17) is 0 Å². The van der Waals surface area contributed by atoms with Gasteiger partial charge >= 0.3 is 0 Å². The van der Waals surface area contributed by atoms with Gasteiger partial charge in [0.25, 0.3) is 5.91 Å². The average molecular weight is 330 g/mol. The molecule has 3 atom stereocenters. The summed E-state index contributed by atoms with van der Waals surface area (Å²) in [6, 6.07) is 10.5. The van der Waals surface area contributed by atoms with Crippen LogP contribution in [0, 0.1) is 11.7 Å². The maximum Gasteiger partial charge on any atom is 0.261 e. The van der Waals surface area contributed by atoms with Crippen LogP contribution < -0.4 is 5.32 Å². The summed E-state index contributed by atoms with van der Waals surface area (Å²) in [5.74, 6) is 0.439. The first kappa shape index (κ1) is 14.8. The Morgan fingerprint density at radius 3 is 2.91 bits per heavy atom. The van der Waals surface area contributed by atoms with Gasteiger partial charge in [0, 0.05) is 29.6 Å². The van der Waals surface area contributed by atoms with Gasteiger partial charge < -0.3 is 10.2 Å². The maximum atomic E-state index is 13.9. The number of rotatable bonds is 3. The van der Waals surface area contributed by atoms with Crippen molar-refractivity contribution in [1.82, 2.24) is 10.2 Å². The first-order chi connectivity index (χ1) is 11.2. The molecule has 0 saturated carbocycles. The fourth-order valence-electron chi connectivity index (χ4n) is 3.69. The van der Waals surface area contributed by atoms with Gasteiger partial charge in [-0.15, -0.1) is 11.3 Å². The Morgan fingerprint density at radius 2 is 2.09 bits per heavy atom. The van der Waals surface area contributed by atoms with Crippen molar-refractivity contribution < 1.29 is 9.18 Å². The molecule has 0 aliphatic carbocycles. The van der Waals surface area contributed by atoms with Crippen molar-refractivity contribution in [3.8, 4) is 10.4 Å². The highest BCUT2D eigenvalue weighted by molar-refractivity contribution is 7.17. The Labute approximate surface area is 139 Å². The van der Waals surface area contributed by atoms with E-state index in [2.05, 4.69) is 10.2 Å². The number of fused-ring (bicyclic) bond motifs is 2. The molecule has 2 bridgehead atoms. The second-order valence-electron chi connectivity index (χ2n) is 6.46. The van der Waals surface area contributed by atoms with Crippen LogP contribution in [0.3, 0.4) is 0 Å². The molecular weight excluding hydrogens is 311 g/mol. The predicted molar refractivity (Wildman–Crippen MR) is 90.1 cm³/mol. The highest BCUT2D eigenvalue weighted by Crippen LogP contribution is 2.31. The van der Waals surface area contributed by atoms with Crippen LogP contribution in [0.2, 0.25) is 0 Å². The van der Waals surface area contributed by atoms with Crippen LogP contribution in [-0.4, -0.2) is 36.5 Å². The number of halogens is 1. The molecule has 1 aromatic heterocycles. The van der Waals surface area contributed by atoms with E-state index >= 15 is 0 Å². The van der Waals surface area contributed by atoms with E-state index in [-0.39, 0.29) is 17.8 Å². The van der Waals surface area contributed by atoms with Gasteiger partial charge in [0.05, 0.1) is 4.88 Å². The minimum atomic E-state index is -0.252. The van der Waals surface area contributed by atoms with Crippen molar-refractivity contribution in [2.24, 2.45) is 5.92 Å². The maximum absolute atomic E-state index is 13.9. The summed E-state index contributed by atoms with van der Waals surface area (Å²) in [5.41, 5.74) is 0.554. The first-order valence-corrected chi connectivity index (χ1v) is 8.88. The first-order valence-electron chi connectivity index (χ1n) is 8.07. The molecule has 3 unspecified atom stereocenters. The minimum absolute atomic E-state index is 0.0370. The molecule has 120 valence electrons. The van der Waals surface area contributed by atoms with Crippen LogP contribution >= 0.6 is 11.3 Å². The van der Waals surface area contributed by atoms with Crippen molar-refractivity contribution >= 4 is 17.2 Å². The van der Waals surface area contributed by atoms with Crippen molar-refractivity contribution in [3.63, 3.8) is 0 Å². The van der Waals surface area contributed by atoms with Gasteiger partial charge in [-0.1, -0.05) is 18.2 Å². The SMILES string of the molecule is O=C(NC1CC2CCN(C2)C1)c1ccc(-c2ccccc2F)s1. The lowest BCUT2D eigenvalue weighted by Crippen LogP contribution is -2.46. The Hall–Kier alpha value is -1.72. The molecule has 1 amide bonds. The molecular formula is C18H19FN2OS. The molecule has 0 spiro atoms. The number of hydrogen-bond acceptors (Lipinski definition) is 3. The summed E-state index contributed by atoms with van der Waals surface area (Å²) in [6.07, 6.45) is 2.33. The fraction of sp³-hybridized carbons (Fsp3) is 0.389. The Balaban J connectivity index is 1.46. The third kappa shape index (κ3) is 3.03. The lowest BCUT2D eigenvalue weighted by atomic mass is 9.97. The molecule has 2 fully saturated rings. The molecule has 3 heterocycles. The number of nitrogens with one attached hydrogen (secondary N) is 1. The van der Waals surface area contributed by atoms with Crippen molar-refractivity contribution in [2.75, 3.05) is 19.6 Å². The summed E-state index contributed by atoms with van der Waals surface area (Å²) < 4.78 is 13.9. The van der Waals surface area contributed by atoms with E-state index < -0.39 is 0 Å². The van der Waals surface area contributed by atoms with Crippen LogP contribution in [0.15, 0.2) is 36.4 Å². The average Bonchev–Trinajstić information content (AvgIpc) is 3.15. The fourth-order valence-corrected chi connectivity index (χ4v) is 4.62. The number of benzene rings is 1. The van der Waals surface area contributed by atoms with Crippen LogP contribution in [0.25, 0.3) is 10.4 Å². The Morgan fingerprint density at radius 1 is 1.22 bits per heavy atom. The minimum Gasteiger partial charge on any atom is -0.347 e. The summed E-state index contributed by atoms with van der Waals surface area (Å²) in [7, 11) is 0. The molecule has 1 N–H and O–H groups in total. The van der Waals surface area contributed by atoms with Crippen LogP contribution in [0.4, 0.5) is 4.39 Å². The van der Waals surface area contributed by atoms with Crippen molar-refractivity contribution in [1.29, 1.82) is 0 Å². The summed E-state index contributed by atoms with van der Waals surface area (Å²) >= 11 is 1.35. The monoisotopic (exact) mass is 330 g/mol. The summed E-state index contributed by atoms with van der Waals surface area (Å²) in [5, 5.41) is 3.15. The standard InChI is InChI=1S/C18H19FN2OS/c19-15-4-2-1-3-14(15)16-5-6-17(23-16)18(22)20-13-9-12-7-8-21(10-12)11-13/h1-6,12-13H,7-11H2,(H,20,22). The van der Waals surface area contributed by atoms with Crippen molar-refractivity contribution in [3.05, 3.63) is 47.1 Å². The number of piperidine rings is 1. The Kier molecular flexibility index (Phi) is 3.91. The highest BCUT2D eigenvalue weighted by atomic mass is 32.1. The summed E-state index contributed by atoms with van der Waals surface area (Å²) in [4.78, 5) is 16.3. The third-order valence-electron chi connectivity index (χ3n) is 4.77. The van der Waals surface area contributed by atoms with Crippen LogP contribution in [-0.2, 0) is 0 Å². The molecule has 2 saturated heterocycles. The van der Waals surface area contributed by atoms with Crippen LogP contribution in [0.1, 0.15) is 22.5 Å². The van der Waals surface area contributed by atoms with E-state index in [1.807, 2.05) is 12.1 Å². The number of carbonyl (C=O) groups is 1. The topological polar surface area (TPSA) is 32.3 Å². The molecule has 3 nitrogen and oxygen atoms in total. The predicted octanol–water partition coefficient (Wildman–Crippen LogP) is 3.38.